The minimum Gasteiger partial charge on any atom is -0.454 e. The fraction of sp³-hybridized carbons (Fsp3) is 0. The van der Waals surface area contributed by atoms with E-state index in [2.05, 4.69) is 143 Å². The predicted molar refractivity (Wildman–Crippen MR) is 122 cm³/mol. The Kier molecular flexibility index (Phi) is 8.06. The van der Waals surface area contributed by atoms with Gasteiger partial charge < -0.3 is 4.74 Å². The van der Waals surface area contributed by atoms with E-state index in [1.807, 2.05) is 6.07 Å². The first kappa shape index (κ1) is 20.9. The van der Waals surface area contributed by atoms with Crippen LogP contribution < -0.4 is 4.74 Å². The molecule has 2 rings (SSSR count). The molecule has 0 aliphatic rings. The van der Waals surface area contributed by atoms with Crippen LogP contribution in [0.1, 0.15) is 0 Å². The van der Waals surface area contributed by atoms with Crippen molar-refractivity contribution in [3.8, 4) is 11.5 Å². The number of rotatable bonds is 2. The highest BCUT2D eigenvalue weighted by Gasteiger charge is 2.21. The third-order valence-corrected chi connectivity index (χ3v) is 13.1. The van der Waals surface area contributed by atoms with Crippen molar-refractivity contribution in [1.29, 1.82) is 0 Å². The molecule has 2 aromatic carbocycles. The molecule has 0 radical (unpaired) electrons. The maximum atomic E-state index is 6.10. The molecule has 0 N–H and O–H groups in total. The van der Waals surface area contributed by atoms with Crippen molar-refractivity contribution >= 4 is 143 Å². The van der Waals surface area contributed by atoms with E-state index in [1.54, 1.807) is 0 Å². The summed E-state index contributed by atoms with van der Waals surface area (Å²) < 4.78 is 13.7. The summed E-state index contributed by atoms with van der Waals surface area (Å²) in [6.07, 6.45) is 0. The number of ether oxygens (including phenoxy) is 1. The van der Waals surface area contributed by atoms with E-state index in [0.29, 0.717) is 11.5 Å². The van der Waals surface area contributed by atoms with Gasteiger partial charge in [-0.25, -0.2) is 0 Å². The van der Waals surface area contributed by atoms with Crippen molar-refractivity contribution in [2.75, 3.05) is 0 Å². The Balaban J connectivity index is 2.63. The molecule has 0 spiro atoms. The third-order valence-electron chi connectivity index (χ3n) is 2.45. The van der Waals surface area contributed by atoms with Gasteiger partial charge in [0.2, 0.25) is 0 Å². The van der Waals surface area contributed by atoms with Crippen molar-refractivity contribution in [2.45, 2.75) is 0 Å². The molecule has 0 amide bonds. The summed E-state index contributed by atoms with van der Waals surface area (Å²) in [5, 5.41) is 0. The van der Waals surface area contributed by atoms with Crippen LogP contribution in [0.25, 0.3) is 0 Å². The summed E-state index contributed by atoms with van der Waals surface area (Å²) >= 11 is 31.7. The second-order valence-electron chi connectivity index (χ2n) is 3.80. The minimum atomic E-state index is 0.642. The highest BCUT2D eigenvalue weighted by atomic mass is 79.9. The van der Waals surface area contributed by atoms with Gasteiger partial charge in [-0.3, -0.25) is 0 Å². The van der Waals surface area contributed by atoms with Crippen LogP contribution in [-0.4, -0.2) is 0 Å². The van der Waals surface area contributed by atoms with Crippen LogP contribution >= 0.6 is 143 Å². The van der Waals surface area contributed by atoms with Gasteiger partial charge in [-0.15, -0.1) is 0 Å². The van der Waals surface area contributed by atoms with Gasteiger partial charge in [0, 0.05) is 13.4 Å². The van der Waals surface area contributed by atoms with Gasteiger partial charge in [-0.05, 0) is 149 Å². The average molecular weight is 880 g/mol. The summed E-state index contributed by atoms with van der Waals surface area (Å²) in [4.78, 5) is 0. The van der Waals surface area contributed by atoms with Crippen LogP contribution in [0.5, 0.6) is 11.5 Å². The lowest BCUT2D eigenvalue weighted by atomic mass is 10.3. The van der Waals surface area contributed by atoms with Gasteiger partial charge in [0.15, 0.2) is 5.75 Å². The molecule has 118 valence electrons. The molecule has 10 heteroatoms. The lowest BCUT2D eigenvalue weighted by Crippen LogP contribution is -1.93. The van der Waals surface area contributed by atoms with Crippen LogP contribution in [0.4, 0.5) is 0 Å². The number of hydrogen-bond donors (Lipinski definition) is 0. The molecule has 0 saturated carbocycles. The number of hydrogen-bond acceptors (Lipinski definition) is 1. The molecule has 2 aromatic rings. The van der Waals surface area contributed by atoms with Gasteiger partial charge in [0.1, 0.15) is 5.75 Å². The average Bonchev–Trinajstić information content (AvgIpc) is 2.50. The highest BCUT2D eigenvalue weighted by Crippen LogP contribution is 2.51. The highest BCUT2D eigenvalue weighted by molar-refractivity contribution is 9.16. The summed E-state index contributed by atoms with van der Waals surface area (Å²) in [6, 6.07) is 1.88. The van der Waals surface area contributed by atoms with E-state index >= 15 is 0 Å². The lowest BCUT2D eigenvalue weighted by Gasteiger charge is -2.16. The molecular weight excluding hydrogens is 879 g/mol. The van der Waals surface area contributed by atoms with Crippen LogP contribution in [0, 0.1) is 0 Å². The second-order valence-corrected chi connectivity index (χ2v) is 11.0. The largest absolute Gasteiger partial charge is 0.454 e. The quantitative estimate of drug-likeness (QED) is 0.216. The third kappa shape index (κ3) is 4.10. The monoisotopic (exact) mass is 871 g/mol. The van der Waals surface area contributed by atoms with Gasteiger partial charge in [0.25, 0.3) is 0 Å². The Morgan fingerprint density at radius 2 is 0.909 bits per heavy atom. The lowest BCUT2D eigenvalue weighted by molar-refractivity contribution is 0.471. The number of benzene rings is 2. The van der Waals surface area contributed by atoms with Crippen molar-refractivity contribution in [3.05, 3.63) is 46.3 Å². The molecule has 22 heavy (non-hydrogen) atoms. The van der Waals surface area contributed by atoms with Crippen molar-refractivity contribution < 1.29 is 4.74 Å². The summed E-state index contributed by atoms with van der Waals surface area (Å²) in [5.74, 6) is 1.30. The Labute approximate surface area is 202 Å². The van der Waals surface area contributed by atoms with Crippen LogP contribution in [0.3, 0.4) is 0 Å². The summed E-state index contributed by atoms with van der Waals surface area (Å²) in [6.45, 7) is 0. The Morgan fingerprint density at radius 3 is 1.41 bits per heavy atom. The SMILES string of the molecule is Brc1cc(Oc2c(Br)c(Br)c(Br)c(Br)c2Br)c(Br)c(Br)c1Br. The van der Waals surface area contributed by atoms with Gasteiger partial charge in [-0.1, -0.05) is 0 Å². The van der Waals surface area contributed by atoms with E-state index in [0.717, 1.165) is 40.3 Å². The van der Waals surface area contributed by atoms with Crippen LogP contribution in [0.2, 0.25) is 0 Å². The fourth-order valence-electron chi connectivity index (χ4n) is 1.41. The predicted octanol–water partition coefficient (Wildman–Crippen LogP) is 10.3. The first-order valence-corrected chi connectivity index (χ1v) is 12.3. The first-order valence-electron chi connectivity index (χ1n) is 5.19. The molecule has 0 aliphatic heterocycles. The molecule has 0 aromatic heterocycles. The van der Waals surface area contributed by atoms with E-state index in [-0.39, 0.29) is 0 Å². The Bertz CT molecular complexity index is 743. The molecule has 0 unspecified atom stereocenters. The second kappa shape index (κ2) is 8.50. The topological polar surface area (TPSA) is 9.23 Å². The van der Waals surface area contributed by atoms with Gasteiger partial charge in [-0.2, -0.15) is 0 Å². The standard InChI is InChI=1S/C12HBr9O/c13-2-1-3(5(15)6(16)4(2)14)22-12-10(20)8(18)7(17)9(19)11(12)21/h1H. The summed E-state index contributed by atoms with van der Waals surface area (Å²) in [5.41, 5.74) is 0. The molecule has 0 saturated heterocycles. The van der Waals surface area contributed by atoms with E-state index in [9.17, 15) is 0 Å². The van der Waals surface area contributed by atoms with Crippen molar-refractivity contribution in [2.24, 2.45) is 0 Å². The van der Waals surface area contributed by atoms with Crippen molar-refractivity contribution in [3.63, 3.8) is 0 Å². The molecule has 0 heterocycles. The molecule has 0 atom stereocenters. The maximum Gasteiger partial charge on any atom is 0.158 e. The van der Waals surface area contributed by atoms with Gasteiger partial charge >= 0.3 is 0 Å². The van der Waals surface area contributed by atoms with Crippen molar-refractivity contribution in [1.82, 2.24) is 0 Å². The Morgan fingerprint density at radius 1 is 0.500 bits per heavy atom. The smallest absolute Gasteiger partial charge is 0.158 e. The van der Waals surface area contributed by atoms with E-state index < -0.39 is 0 Å². The molecule has 0 aliphatic carbocycles. The number of halogens is 9. The zero-order valence-corrected chi connectivity index (χ0v) is 24.2. The van der Waals surface area contributed by atoms with Gasteiger partial charge in [0.05, 0.1) is 26.8 Å². The molecule has 0 fully saturated rings. The zero-order valence-electron chi connectivity index (χ0n) is 9.89. The normalized spacial score (nSPS) is 11.0. The minimum absolute atomic E-state index is 0.642. The molecular formula is C12HBr9O. The van der Waals surface area contributed by atoms with E-state index in [1.165, 1.54) is 0 Å². The fourth-order valence-corrected chi connectivity index (χ4v) is 6.64. The Hall–Kier alpha value is 2.56. The first-order chi connectivity index (χ1) is 10.2. The molecule has 1 nitrogen and oxygen atoms in total. The van der Waals surface area contributed by atoms with E-state index in [4.69, 9.17) is 4.74 Å². The van der Waals surface area contributed by atoms with Crippen LogP contribution in [-0.2, 0) is 0 Å². The van der Waals surface area contributed by atoms with Crippen LogP contribution in [0.15, 0.2) is 46.3 Å². The zero-order chi connectivity index (χ0) is 16.8. The summed E-state index contributed by atoms with van der Waals surface area (Å²) in [7, 11) is 0. The molecule has 0 bridgehead atoms. The maximum absolute atomic E-state index is 6.10.